The molecule has 2 unspecified atom stereocenters. The van der Waals surface area contributed by atoms with Crippen molar-refractivity contribution in [1.29, 1.82) is 0 Å². The second-order valence-electron chi connectivity index (χ2n) is 10.7. The van der Waals surface area contributed by atoms with Gasteiger partial charge in [-0.25, -0.2) is 4.39 Å². The van der Waals surface area contributed by atoms with Crippen molar-refractivity contribution in [3.05, 3.63) is 11.6 Å². The van der Waals surface area contributed by atoms with Gasteiger partial charge in [0.15, 0.2) is 12.4 Å². The van der Waals surface area contributed by atoms with Crippen LogP contribution in [0.5, 0.6) is 0 Å². The van der Waals surface area contributed by atoms with E-state index < -0.39 is 58.4 Å². The molecule has 3 fully saturated rings. The Kier molecular flexibility index (Phi) is 5.06. The molecule has 0 aromatic carbocycles. The van der Waals surface area contributed by atoms with Crippen LogP contribution in [0.1, 0.15) is 66.2 Å². The van der Waals surface area contributed by atoms with Crippen LogP contribution in [0.3, 0.4) is 0 Å². The third-order valence-corrected chi connectivity index (χ3v) is 9.45. The molecule has 6 nitrogen and oxygen atoms in total. The smallest absolute Gasteiger partial charge is 0.303 e. The maximum atomic E-state index is 17.1. The molecule has 0 aromatic rings. The Balaban J connectivity index is 1.75. The average molecular weight is 437 g/mol. The van der Waals surface area contributed by atoms with Gasteiger partial charge in [0.2, 0.25) is 5.78 Å². The zero-order chi connectivity index (χ0) is 23.0. The van der Waals surface area contributed by atoms with Crippen molar-refractivity contribution in [2.24, 2.45) is 28.6 Å². The molecule has 0 amide bonds. The zero-order valence-electron chi connectivity index (χ0n) is 18.7. The number of Topliss-reactive ketones (excluding diaryl/α,β-unsaturated/α-hetero) is 1. The average Bonchev–Trinajstić information content (AvgIpc) is 2.89. The Hall–Kier alpha value is -1.60. The lowest BCUT2D eigenvalue weighted by molar-refractivity contribution is -0.228. The van der Waals surface area contributed by atoms with Gasteiger partial charge in [0.05, 0.1) is 6.10 Å². The van der Waals surface area contributed by atoms with E-state index >= 15 is 4.39 Å². The fourth-order valence-electron chi connectivity index (χ4n) is 7.78. The Morgan fingerprint density at radius 3 is 2.58 bits per heavy atom. The van der Waals surface area contributed by atoms with Crippen LogP contribution in [0.4, 0.5) is 4.39 Å². The number of rotatable bonds is 3. The fourth-order valence-corrected chi connectivity index (χ4v) is 7.78. The highest BCUT2D eigenvalue weighted by molar-refractivity contribution is 5.92. The Bertz CT molecular complexity index is 868. The molecule has 0 bridgehead atoms. The number of ketones is 2. The van der Waals surface area contributed by atoms with Crippen LogP contribution < -0.4 is 0 Å². The molecule has 0 aromatic heterocycles. The zero-order valence-corrected chi connectivity index (χ0v) is 18.7. The van der Waals surface area contributed by atoms with Crippen LogP contribution in [-0.2, 0) is 19.1 Å². The summed E-state index contributed by atoms with van der Waals surface area (Å²) in [6, 6.07) is 0. The maximum Gasteiger partial charge on any atom is 0.303 e. The number of halogens is 1. The fraction of sp³-hybridized carbons (Fsp3) is 0.792. The summed E-state index contributed by atoms with van der Waals surface area (Å²) in [6.07, 6.45) is 2.24. The van der Waals surface area contributed by atoms with E-state index in [4.69, 9.17) is 4.74 Å². The minimum absolute atomic E-state index is 0.00425. The molecule has 0 heterocycles. The number of allylic oxidation sites excluding steroid dienone is 1. The highest BCUT2D eigenvalue weighted by atomic mass is 19.1. The van der Waals surface area contributed by atoms with Crippen LogP contribution in [0.25, 0.3) is 0 Å². The number of aliphatic hydroxyl groups excluding tert-OH is 1. The van der Waals surface area contributed by atoms with Crippen LogP contribution in [-0.4, -0.2) is 51.7 Å². The lowest BCUT2D eigenvalue weighted by Gasteiger charge is -2.63. The summed E-state index contributed by atoms with van der Waals surface area (Å²) in [5.74, 6) is -2.50. The van der Waals surface area contributed by atoms with Gasteiger partial charge < -0.3 is 14.9 Å². The van der Waals surface area contributed by atoms with E-state index in [1.165, 1.54) is 6.92 Å². The van der Waals surface area contributed by atoms with Crippen LogP contribution in [0.2, 0.25) is 0 Å². The molecule has 3 saturated carbocycles. The Labute approximate surface area is 182 Å². The minimum Gasteiger partial charge on any atom is -0.458 e. The van der Waals surface area contributed by atoms with Crippen LogP contribution >= 0.6 is 0 Å². The van der Waals surface area contributed by atoms with Gasteiger partial charge in [-0.2, -0.15) is 0 Å². The van der Waals surface area contributed by atoms with Crippen LogP contribution in [0, 0.1) is 28.6 Å². The first-order valence-corrected chi connectivity index (χ1v) is 11.3. The van der Waals surface area contributed by atoms with Crippen molar-refractivity contribution in [2.45, 2.75) is 83.6 Å². The van der Waals surface area contributed by atoms with E-state index in [-0.39, 0.29) is 24.5 Å². The van der Waals surface area contributed by atoms with E-state index in [0.29, 0.717) is 25.7 Å². The maximum absolute atomic E-state index is 17.1. The second kappa shape index (κ2) is 6.95. The summed E-state index contributed by atoms with van der Waals surface area (Å²) >= 11 is 0. The van der Waals surface area contributed by atoms with E-state index in [1.807, 2.05) is 6.92 Å². The van der Waals surface area contributed by atoms with Crippen molar-refractivity contribution in [1.82, 2.24) is 0 Å². The molecule has 0 saturated heterocycles. The Morgan fingerprint density at radius 2 is 1.94 bits per heavy atom. The highest BCUT2D eigenvalue weighted by Gasteiger charge is 2.75. The summed E-state index contributed by atoms with van der Waals surface area (Å²) in [6.45, 7) is 6.03. The molecule has 0 aliphatic heterocycles. The van der Waals surface area contributed by atoms with Crippen molar-refractivity contribution in [3.8, 4) is 0 Å². The van der Waals surface area contributed by atoms with Gasteiger partial charge in [0, 0.05) is 30.1 Å². The number of hydrogen-bond acceptors (Lipinski definition) is 6. The monoisotopic (exact) mass is 436 g/mol. The molecule has 4 rings (SSSR count). The lowest BCUT2D eigenvalue weighted by Crippen LogP contribution is -2.70. The molecule has 8 atom stereocenters. The third kappa shape index (κ3) is 2.71. The predicted octanol–water partition coefficient (Wildman–Crippen LogP) is 2.69. The number of fused-ring (bicyclic) bond motifs is 5. The molecule has 0 radical (unpaired) electrons. The largest absolute Gasteiger partial charge is 0.458 e. The van der Waals surface area contributed by atoms with Crippen molar-refractivity contribution in [3.63, 3.8) is 0 Å². The SMILES string of the molecule is CC(=O)OCC(=O)[C@@]1(O)C(C)C[C@H]2[C@@H]3CCC4=CC(=O)CC[C@]4(C)[C@@]3(F)C(O)C[C@@]21C. The number of hydrogen-bond donors (Lipinski definition) is 2. The normalized spacial score (nSPS) is 48.9. The highest BCUT2D eigenvalue weighted by Crippen LogP contribution is 2.71. The van der Waals surface area contributed by atoms with Crippen molar-refractivity contribution >= 4 is 17.5 Å². The van der Waals surface area contributed by atoms with Crippen molar-refractivity contribution in [2.75, 3.05) is 6.61 Å². The van der Waals surface area contributed by atoms with Gasteiger partial charge in [0.1, 0.15) is 11.3 Å². The first kappa shape index (κ1) is 22.6. The van der Waals surface area contributed by atoms with E-state index in [0.717, 1.165) is 5.57 Å². The van der Waals surface area contributed by atoms with Gasteiger partial charge in [-0.15, -0.1) is 0 Å². The summed E-state index contributed by atoms with van der Waals surface area (Å²) in [4.78, 5) is 36.3. The summed E-state index contributed by atoms with van der Waals surface area (Å²) < 4.78 is 21.9. The standard InChI is InChI=1S/C24H33FO6/c1-13-9-18-17-6-5-15-10-16(27)7-8-21(15,3)23(17,25)19(28)11-22(18,4)24(13,30)20(29)12-31-14(2)26/h10,13,17-19,28,30H,5-9,11-12H2,1-4H3/t13?,17-,18-,19?,21-,22-,23-,24-/m0/s1. The molecule has 0 spiro atoms. The number of alkyl halides is 1. The quantitative estimate of drug-likeness (QED) is 0.660. The first-order valence-electron chi connectivity index (χ1n) is 11.3. The molecule has 4 aliphatic carbocycles. The summed E-state index contributed by atoms with van der Waals surface area (Å²) in [5, 5.41) is 23.0. The lowest BCUT2D eigenvalue weighted by atomic mass is 9.44. The number of esters is 1. The van der Waals surface area contributed by atoms with Gasteiger partial charge in [-0.05, 0) is 50.0 Å². The second-order valence-corrected chi connectivity index (χ2v) is 10.7. The predicted molar refractivity (Wildman–Crippen MR) is 110 cm³/mol. The van der Waals surface area contributed by atoms with Gasteiger partial charge in [0.25, 0.3) is 0 Å². The first-order chi connectivity index (χ1) is 14.3. The third-order valence-electron chi connectivity index (χ3n) is 9.45. The van der Waals surface area contributed by atoms with Crippen molar-refractivity contribution < 1.29 is 33.7 Å². The van der Waals surface area contributed by atoms with Gasteiger partial charge >= 0.3 is 5.97 Å². The van der Waals surface area contributed by atoms with E-state index in [1.54, 1.807) is 19.9 Å². The summed E-state index contributed by atoms with van der Waals surface area (Å²) in [5.41, 5.74) is -4.93. The topological polar surface area (TPSA) is 101 Å². The molecular formula is C24H33FO6. The Morgan fingerprint density at radius 1 is 1.26 bits per heavy atom. The minimum atomic E-state index is -1.92. The molecule has 4 aliphatic rings. The number of ether oxygens (including phenoxy) is 1. The van der Waals surface area contributed by atoms with E-state index in [9.17, 15) is 24.6 Å². The van der Waals surface area contributed by atoms with Gasteiger partial charge in [-0.1, -0.05) is 26.3 Å². The molecular weight excluding hydrogens is 403 g/mol. The van der Waals surface area contributed by atoms with E-state index in [2.05, 4.69) is 0 Å². The molecule has 31 heavy (non-hydrogen) atoms. The van der Waals surface area contributed by atoms with Gasteiger partial charge in [-0.3, -0.25) is 14.4 Å². The molecule has 7 heteroatoms. The number of carbonyl (C=O) groups excluding carboxylic acids is 3. The molecule has 172 valence electrons. The summed E-state index contributed by atoms with van der Waals surface area (Å²) in [7, 11) is 0. The van der Waals surface area contributed by atoms with Crippen LogP contribution in [0.15, 0.2) is 11.6 Å². The molecule has 2 N–H and O–H groups in total. The number of carbonyl (C=O) groups is 3. The number of aliphatic hydroxyl groups is 2.